The molecular formula is C14H14F2N2O2S. The molecule has 21 heavy (non-hydrogen) atoms. The van der Waals surface area contributed by atoms with Crippen molar-refractivity contribution in [2.24, 2.45) is 5.73 Å². The van der Waals surface area contributed by atoms with Crippen LogP contribution < -0.4 is 10.5 Å². The Bertz CT molecular complexity index is 759. The van der Waals surface area contributed by atoms with E-state index in [1.54, 1.807) is 12.1 Å². The SMILES string of the molecule is Cc1cc(F)c(NS(=O)(=O)c2ccc(CN)cc2)cc1F. The molecule has 0 saturated carbocycles. The van der Waals surface area contributed by atoms with Gasteiger partial charge in [0.15, 0.2) is 0 Å². The normalized spacial score (nSPS) is 11.4. The molecule has 0 aliphatic carbocycles. The lowest BCUT2D eigenvalue weighted by atomic mass is 10.2. The molecule has 7 heteroatoms. The average molecular weight is 312 g/mol. The minimum atomic E-state index is -3.99. The molecule has 3 N–H and O–H groups in total. The number of halogens is 2. The van der Waals surface area contributed by atoms with Crippen LogP contribution in [0.2, 0.25) is 0 Å². The minimum Gasteiger partial charge on any atom is -0.326 e. The van der Waals surface area contributed by atoms with E-state index in [1.165, 1.54) is 19.1 Å². The van der Waals surface area contributed by atoms with Gasteiger partial charge in [-0.05, 0) is 36.2 Å². The Morgan fingerprint density at radius 1 is 1.10 bits per heavy atom. The van der Waals surface area contributed by atoms with Crippen LogP contribution in [0.15, 0.2) is 41.3 Å². The van der Waals surface area contributed by atoms with E-state index in [4.69, 9.17) is 5.73 Å². The summed E-state index contributed by atoms with van der Waals surface area (Å²) in [5.41, 5.74) is 5.86. The predicted octanol–water partition coefficient (Wildman–Crippen LogP) is 2.53. The highest BCUT2D eigenvalue weighted by atomic mass is 32.2. The molecule has 0 spiro atoms. The van der Waals surface area contributed by atoms with Crippen molar-refractivity contribution in [3.05, 3.63) is 59.2 Å². The summed E-state index contributed by atoms with van der Waals surface area (Å²) >= 11 is 0. The molecule has 0 aliphatic heterocycles. The van der Waals surface area contributed by atoms with Gasteiger partial charge in [-0.25, -0.2) is 17.2 Å². The first-order valence-corrected chi connectivity index (χ1v) is 7.59. The van der Waals surface area contributed by atoms with Crippen molar-refractivity contribution < 1.29 is 17.2 Å². The summed E-state index contributed by atoms with van der Waals surface area (Å²) in [5.74, 6) is -1.52. The van der Waals surface area contributed by atoms with Crippen LogP contribution in [0.1, 0.15) is 11.1 Å². The molecule has 0 fully saturated rings. The van der Waals surface area contributed by atoms with Crippen LogP contribution in [0.4, 0.5) is 14.5 Å². The zero-order valence-electron chi connectivity index (χ0n) is 11.2. The van der Waals surface area contributed by atoms with Crippen LogP contribution in [0.3, 0.4) is 0 Å². The second-order valence-corrected chi connectivity index (χ2v) is 6.22. The predicted molar refractivity (Wildman–Crippen MR) is 76.2 cm³/mol. The number of hydrogen-bond acceptors (Lipinski definition) is 3. The maximum atomic E-state index is 13.7. The van der Waals surface area contributed by atoms with E-state index in [9.17, 15) is 17.2 Å². The Kier molecular flexibility index (Phi) is 4.24. The third kappa shape index (κ3) is 3.37. The van der Waals surface area contributed by atoms with Gasteiger partial charge in [0.1, 0.15) is 11.6 Å². The number of aryl methyl sites for hydroxylation is 1. The van der Waals surface area contributed by atoms with Crippen molar-refractivity contribution in [2.75, 3.05) is 4.72 Å². The van der Waals surface area contributed by atoms with Gasteiger partial charge in [-0.15, -0.1) is 0 Å². The van der Waals surface area contributed by atoms with Crippen LogP contribution in [0, 0.1) is 18.6 Å². The molecule has 0 bridgehead atoms. The molecule has 0 atom stereocenters. The van der Waals surface area contributed by atoms with Gasteiger partial charge in [0.2, 0.25) is 0 Å². The van der Waals surface area contributed by atoms with E-state index in [1.807, 2.05) is 4.72 Å². The Morgan fingerprint density at radius 2 is 1.71 bits per heavy atom. The highest BCUT2D eigenvalue weighted by Crippen LogP contribution is 2.22. The average Bonchev–Trinajstić information content (AvgIpc) is 2.44. The molecule has 4 nitrogen and oxygen atoms in total. The molecule has 0 heterocycles. The maximum absolute atomic E-state index is 13.7. The summed E-state index contributed by atoms with van der Waals surface area (Å²) in [6.07, 6.45) is 0. The maximum Gasteiger partial charge on any atom is 0.261 e. The first-order valence-electron chi connectivity index (χ1n) is 6.11. The quantitative estimate of drug-likeness (QED) is 0.911. The Balaban J connectivity index is 2.34. The molecule has 0 radical (unpaired) electrons. The van der Waals surface area contributed by atoms with Crippen molar-refractivity contribution in [1.29, 1.82) is 0 Å². The van der Waals surface area contributed by atoms with E-state index in [2.05, 4.69) is 0 Å². The summed E-state index contributed by atoms with van der Waals surface area (Å²) in [6.45, 7) is 1.67. The second kappa shape index (κ2) is 5.79. The van der Waals surface area contributed by atoms with Crippen molar-refractivity contribution in [1.82, 2.24) is 0 Å². The summed E-state index contributed by atoms with van der Waals surface area (Å²) < 4.78 is 53.4. The Hall–Kier alpha value is -1.99. The van der Waals surface area contributed by atoms with Crippen molar-refractivity contribution in [3.8, 4) is 0 Å². The number of benzene rings is 2. The van der Waals surface area contributed by atoms with Crippen LogP contribution >= 0.6 is 0 Å². The first-order chi connectivity index (χ1) is 9.83. The van der Waals surface area contributed by atoms with E-state index in [-0.39, 0.29) is 17.0 Å². The molecule has 0 amide bonds. The summed E-state index contributed by atoms with van der Waals surface area (Å²) in [6, 6.07) is 7.57. The third-order valence-corrected chi connectivity index (χ3v) is 4.34. The number of nitrogens with one attached hydrogen (secondary N) is 1. The summed E-state index contributed by atoms with van der Waals surface area (Å²) in [4.78, 5) is -0.0555. The Morgan fingerprint density at radius 3 is 2.29 bits per heavy atom. The Labute approximate surface area is 121 Å². The standard InChI is InChI=1S/C14H14F2N2O2S/c1-9-6-13(16)14(7-12(9)15)18-21(19,20)11-4-2-10(8-17)3-5-11/h2-7,18H,8,17H2,1H3. The van der Waals surface area contributed by atoms with Gasteiger partial charge >= 0.3 is 0 Å². The number of sulfonamides is 1. The van der Waals surface area contributed by atoms with Gasteiger partial charge < -0.3 is 5.73 Å². The van der Waals surface area contributed by atoms with Gasteiger partial charge in [0, 0.05) is 12.6 Å². The van der Waals surface area contributed by atoms with E-state index >= 15 is 0 Å². The lowest BCUT2D eigenvalue weighted by Crippen LogP contribution is -2.14. The highest BCUT2D eigenvalue weighted by Gasteiger charge is 2.17. The van der Waals surface area contributed by atoms with Crippen LogP contribution in [-0.4, -0.2) is 8.42 Å². The van der Waals surface area contributed by atoms with Gasteiger partial charge in [0.05, 0.1) is 10.6 Å². The molecule has 2 aromatic rings. The smallest absolute Gasteiger partial charge is 0.261 e. The van der Waals surface area contributed by atoms with Crippen molar-refractivity contribution >= 4 is 15.7 Å². The number of anilines is 1. The minimum absolute atomic E-state index is 0.0555. The van der Waals surface area contributed by atoms with E-state index in [0.717, 1.165) is 17.7 Å². The monoisotopic (exact) mass is 312 g/mol. The molecule has 0 aromatic heterocycles. The lowest BCUT2D eigenvalue weighted by molar-refractivity contribution is 0.590. The third-order valence-electron chi connectivity index (χ3n) is 2.96. The van der Waals surface area contributed by atoms with E-state index in [0.29, 0.717) is 0 Å². The largest absolute Gasteiger partial charge is 0.326 e. The second-order valence-electron chi connectivity index (χ2n) is 4.53. The van der Waals surface area contributed by atoms with Crippen LogP contribution in [-0.2, 0) is 16.6 Å². The van der Waals surface area contributed by atoms with Crippen LogP contribution in [0.25, 0.3) is 0 Å². The molecule has 0 unspecified atom stereocenters. The van der Waals surface area contributed by atoms with Gasteiger partial charge in [-0.1, -0.05) is 12.1 Å². The van der Waals surface area contributed by atoms with Crippen molar-refractivity contribution in [3.63, 3.8) is 0 Å². The molecule has 0 aliphatic rings. The van der Waals surface area contributed by atoms with Gasteiger partial charge in [-0.2, -0.15) is 0 Å². The molecule has 2 aromatic carbocycles. The fourth-order valence-electron chi connectivity index (χ4n) is 1.73. The lowest BCUT2D eigenvalue weighted by Gasteiger charge is -2.10. The summed E-state index contributed by atoms with van der Waals surface area (Å²) in [5, 5.41) is 0. The van der Waals surface area contributed by atoms with Gasteiger partial charge in [-0.3, -0.25) is 4.72 Å². The fourth-order valence-corrected chi connectivity index (χ4v) is 2.79. The zero-order valence-corrected chi connectivity index (χ0v) is 12.0. The topological polar surface area (TPSA) is 72.2 Å². The molecule has 2 rings (SSSR count). The molecular weight excluding hydrogens is 298 g/mol. The fraction of sp³-hybridized carbons (Fsp3) is 0.143. The summed E-state index contributed by atoms with van der Waals surface area (Å²) in [7, 11) is -3.99. The van der Waals surface area contributed by atoms with E-state index < -0.39 is 27.3 Å². The zero-order chi connectivity index (χ0) is 15.6. The molecule has 112 valence electrons. The van der Waals surface area contributed by atoms with Crippen LogP contribution in [0.5, 0.6) is 0 Å². The van der Waals surface area contributed by atoms with Gasteiger partial charge in [0.25, 0.3) is 10.0 Å². The number of hydrogen-bond donors (Lipinski definition) is 2. The molecule has 0 saturated heterocycles. The number of rotatable bonds is 4. The highest BCUT2D eigenvalue weighted by molar-refractivity contribution is 7.92. The number of nitrogens with two attached hydrogens (primary N) is 1. The first kappa shape index (κ1) is 15.4. The van der Waals surface area contributed by atoms with Crippen molar-refractivity contribution in [2.45, 2.75) is 18.4 Å².